The minimum absolute atomic E-state index is 0.0677. The molecule has 1 spiro atoms. The number of carbonyl (C=O) groups excluding carboxylic acids is 3. The van der Waals surface area contributed by atoms with Crippen molar-refractivity contribution in [2.45, 2.75) is 38.0 Å². The molecule has 2 heterocycles. The second kappa shape index (κ2) is 9.25. The number of fused-ring (bicyclic) bond motifs is 2. The van der Waals surface area contributed by atoms with Gasteiger partial charge in [0.1, 0.15) is 0 Å². The molecule has 188 valence electrons. The number of nitrogens with two attached hydrogens (primary N) is 1. The molecule has 2 aliphatic heterocycles. The molecule has 1 fully saturated rings. The van der Waals surface area contributed by atoms with Crippen molar-refractivity contribution in [3.63, 3.8) is 0 Å². The molecule has 5 rings (SSSR count). The number of rotatable bonds is 2. The number of anilines is 1. The second-order valence-corrected chi connectivity index (χ2v) is 13.3. The normalized spacial score (nSPS) is 23.1. The molecule has 3 aliphatic rings. The number of Topliss-reactive ketones (excluding diaryl/α,β-unsaturated/α-hetero) is 2. The summed E-state index contributed by atoms with van der Waals surface area (Å²) in [5, 5.41) is 11.2. The monoisotopic (exact) mass is 569 g/mol. The molecule has 0 saturated heterocycles. The molecule has 37 heavy (non-hydrogen) atoms. The number of halogens is 2. The smallest absolute Gasteiger partial charge is 0.253 e. The summed E-state index contributed by atoms with van der Waals surface area (Å²) in [5.74, 6) is -0.940. The second-order valence-electron chi connectivity index (χ2n) is 9.91. The maximum absolute atomic E-state index is 14.3. The van der Waals surface area contributed by atoms with Crippen LogP contribution in [0.5, 0.6) is 0 Å². The van der Waals surface area contributed by atoms with Gasteiger partial charge < -0.3 is 10.6 Å². The van der Waals surface area contributed by atoms with Crippen LogP contribution in [0.15, 0.2) is 62.9 Å². The topological polar surface area (TPSA) is 104 Å². The van der Waals surface area contributed by atoms with Gasteiger partial charge in [-0.15, -0.1) is 0 Å². The van der Waals surface area contributed by atoms with Crippen molar-refractivity contribution in [3.05, 3.63) is 84.0 Å². The Morgan fingerprint density at radius 1 is 1.08 bits per heavy atom. The van der Waals surface area contributed by atoms with Crippen molar-refractivity contribution < 1.29 is 14.4 Å². The van der Waals surface area contributed by atoms with Crippen molar-refractivity contribution in [3.8, 4) is 6.07 Å². The van der Waals surface area contributed by atoms with Crippen molar-refractivity contribution in [2.75, 3.05) is 4.90 Å². The molecule has 2 aromatic carbocycles. The number of allylic oxidation sites excluding steroid dienone is 1. The number of nitriles is 1. The van der Waals surface area contributed by atoms with Gasteiger partial charge in [-0.25, -0.2) is 0 Å². The van der Waals surface area contributed by atoms with Gasteiger partial charge in [-0.1, -0.05) is 84.8 Å². The van der Waals surface area contributed by atoms with Crippen LogP contribution in [0.4, 0.5) is 5.69 Å². The number of para-hydroxylation sites is 1. The Balaban J connectivity index is 1.67. The van der Waals surface area contributed by atoms with Crippen molar-refractivity contribution in [2.24, 2.45) is 11.1 Å². The van der Waals surface area contributed by atoms with Gasteiger partial charge in [0.05, 0.1) is 33.0 Å². The Bertz CT molecular complexity index is 1490. The Hall–Kier alpha value is -2.70. The number of carbonyl (C=O) groups is 3. The van der Waals surface area contributed by atoms with Gasteiger partial charge in [-0.05, 0) is 29.2 Å². The summed E-state index contributed by atoms with van der Waals surface area (Å²) in [6.07, 6.45) is 0.429. The Morgan fingerprint density at radius 2 is 1.76 bits per heavy atom. The number of ketones is 2. The Labute approximate surface area is 232 Å². The van der Waals surface area contributed by atoms with Gasteiger partial charge in [0.2, 0.25) is 0 Å². The lowest BCUT2D eigenvalue weighted by Gasteiger charge is -2.35. The molecular weight excluding hydrogens is 549 g/mol. The van der Waals surface area contributed by atoms with Gasteiger partial charge >= 0.3 is 0 Å². The largest absolute Gasteiger partial charge is 0.392 e. The number of thioether (sulfide) groups is 2. The first-order valence-corrected chi connectivity index (χ1v) is 13.8. The van der Waals surface area contributed by atoms with E-state index in [1.165, 1.54) is 0 Å². The predicted molar refractivity (Wildman–Crippen MR) is 148 cm³/mol. The molecule has 2 N–H and O–H groups in total. The van der Waals surface area contributed by atoms with Gasteiger partial charge in [-0.2, -0.15) is 5.26 Å². The fraction of sp³-hybridized carbons (Fsp3) is 0.259. The van der Waals surface area contributed by atoms with Crippen LogP contribution in [0.1, 0.15) is 37.8 Å². The van der Waals surface area contributed by atoms with E-state index in [1.54, 1.807) is 47.4 Å². The summed E-state index contributed by atoms with van der Waals surface area (Å²) in [6.45, 7) is 3.90. The van der Waals surface area contributed by atoms with Gasteiger partial charge in [0.15, 0.2) is 16.3 Å². The predicted octanol–water partition coefficient (Wildman–Crippen LogP) is 6.08. The maximum Gasteiger partial charge on any atom is 0.253 e. The molecule has 1 unspecified atom stereocenters. The number of hydrogen-bond acceptors (Lipinski definition) is 7. The van der Waals surface area contributed by atoms with E-state index in [9.17, 15) is 19.6 Å². The van der Waals surface area contributed by atoms with Crippen molar-refractivity contribution in [1.29, 1.82) is 5.26 Å². The highest BCUT2D eigenvalue weighted by Gasteiger charge is 2.58. The Kier molecular flexibility index (Phi) is 6.48. The molecule has 0 bridgehead atoms. The molecule has 10 heteroatoms. The maximum atomic E-state index is 14.3. The van der Waals surface area contributed by atoms with Crippen molar-refractivity contribution >= 4 is 69.9 Å². The van der Waals surface area contributed by atoms with E-state index in [4.69, 9.17) is 28.9 Å². The van der Waals surface area contributed by atoms with Gasteiger partial charge in [0.25, 0.3) is 5.91 Å². The first-order valence-electron chi connectivity index (χ1n) is 11.4. The van der Waals surface area contributed by atoms with E-state index >= 15 is 0 Å². The van der Waals surface area contributed by atoms with E-state index in [1.807, 2.05) is 13.8 Å². The summed E-state index contributed by atoms with van der Waals surface area (Å²) in [5.41, 5.74) is 7.95. The van der Waals surface area contributed by atoms with Crippen LogP contribution in [-0.2, 0) is 25.7 Å². The summed E-state index contributed by atoms with van der Waals surface area (Å²) in [6, 6.07) is 14.4. The molecular formula is C27H21Cl2N3O3S2. The molecule has 0 radical (unpaired) electrons. The molecule has 1 atom stereocenters. The summed E-state index contributed by atoms with van der Waals surface area (Å²) < 4.78 is -1.17. The first-order chi connectivity index (χ1) is 17.5. The zero-order chi connectivity index (χ0) is 26.7. The van der Waals surface area contributed by atoms with E-state index in [0.29, 0.717) is 31.1 Å². The van der Waals surface area contributed by atoms with Crippen LogP contribution >= 0.6 is 46.7 Å². The first kappa shape index (κ1) is 25.9. The quantitative estimate of drug-likeness (QED) is 0.345. The van der Waals surface area contributed by atoms with Crippen LogP contribution in [0.2, 0.25) is 10.0 Å². The third kappa shape index (κ3) is 4.18. The van der Waals surface area contributed by atoms with Crippen LogP contribution in [0.3, 0.4) is 0 Å². The minimum atomic E-state index is -1.53. The average Bonchev–Trinajstić information content (AvgIpc) is 3.02. The van der Waals surface area contributed by atoms with E-state index in [2.05, 4.69) is 6.07 Å². The third-order valence-electron chi connectivity index (χ3n) is 6.66. The SMILES string of the molecule is CC1(C)CC(=O)C(=C2SC(N)=C(C#N)C3(S2)C(=O)N(Cc2ccc(Cl)cc2Cl)c2ccccc23)C(=O)C1. The number of amides is 1. The van der Waals surface area contributed by atoms with E-state index in [-0.39, 0.29) is 47.1 Å². The average molecular weight is 571 g/mol. The standard InChI is InChI=1S/C27H21Cl2N3O3S2/c1-26(2)10-20(33)22(21(34)11-26)24-36-23(31)17(12-30)27(37-24)16-5-3-4-6-19(16)32(25(27)35)13-14-7-8-15(28)9-18(14)29/h3-9H,10-11,13,31H2,1-2H3. The molecule has 1 aliphatic carbocycles. The van der Waals surface area contributed by atoms with Crippen LogP contribution in [-0.4, -0.2) is 17.5 Å². The molecule has 6 nitrogen and oxygen atoms in total. The lowest BCUT2D eigenvalue weighted by Crippen LogP contribution is -2.41. The van der Waals surface area contributed by atoms with Gasteiger partial charge in [-0.3, -0.25) is 14.4 Å². The van der Waals surface area contributed by atoms with Gasteiger partial charge in [0, 0.05) is 34.1 Å². The summed E-state index contributed by atoms with van der Waals surface area (Å²) >= 11 is 14.6. The van der Waals surface area contributed by atoms with Crippen LogP contribution in [0, 0.1) is 16.7 Å². The minimum Gasteiger partial charge on any atom is -0.392 e. The van der Waals surface area contributed by atoms with Crippen LogP contribution in [0.25, 0.3) is 0 Å². The summed E-state index contributed by atoms with van der Waals surface area (Å²) in [7, 11) is 0. The Morgan fingerprint density at radius 3 is 2.41 bits per heavy atom. The lowest BCUT2D eigenvalue weighted by atomic mass is 9.74. The number of nitrogens with zero attached hydrogens (tertiary/aromatic N) is 2. The molecule has 1 saturated carbocycles. The molecule has 1 amide bonds. The zero-order valence-corrected chi connectivity index (χ0v) is 23.1. The fourth-order valence-corrected chi connectivity index (χ4v) is 8.52. The lowest BCUT2D eigenvalue weighted by molar-refractivity contribution is -0.127. The van der Waals surface area contributed by atoms with E-state index < -0.39 is 16.1 Å². The van der Waals surface area contributed by atoms with E-state index in [0.717, 1.165) is 23.5 Å². The fourth-order valence-electron chi connectivity index (χ4n) is 5.00. The third-order valence-corrected chi connectivity index (χ3v) is 9.86. The zero-order valence-electron chi connectivity index (χ0n) is 19.9. The highest BCUT2D eigenvalue weighted by atomic mass is 35.5. The number of hydrogen-bond donors (Lipinski definition) is 1. The molecule has 2 aromatic rings. The highest BCUT2D eigenvalue weighted by Crippen LogP contribution is 2.62. The van der Waals surface area contributed by atoms with Crippen molar-refractivity contribution in [1.82, 2.24) is 0 Å². The molecule has 0 aromatic heterocycles. The summed E-state index contributed by atoms with van der Waals surface area (Å²) in [4.78, 5) is 42.1. The highest BCUT2D eigenvalue weighted by molar-refractivity contribution is 8.25. The number of benzene rings is 2. The van der Waals surface area contributed by atoms with Crippen LogP contribution < -0.4 is 10.6 Å².